The Morgan fingerprint density at radius 2 is 2.17 bits per heavy atom. The molecule has 6 nitrogen and oxygen atoms in total. The first kappa shape index (κ1) is 19.3. The maximum Gasteiger partial charge on any atom is 0.407 e. The summed E-state index contributed by atoms with van der Waals surface area (Å²) in [6, 6.07) is 2.07. The lowest BCUT2D eigenvalue weighted by atomic mass is 10.0. The molecule has 0 saturated heterocycles. The molecule has 7 heteroatoms. The maximum atomic E-state index is 11.6. The predicted molar refractivity (Wildman–Crippen MR) is 95.9 cm³/mol. The van der Waals surface area contributed by atoms with Crippen molar-refractivity contribution in [2.24, 2.45) is 10.9 Å². The molecule has 0 spiro atoms. The summed E-state index contributed by atoms with van der Waals surface area (Å²) in [5.41, 5.74) is 1.22. The van der Waals surface area contributed by atoms with Gasteiger partial charge in [0.2, 0.25) is 0 Å². The first-order valence-corrected chi connectivity index (χ1v) is 8.88. The van der Waals surface area contributed by atoms with Gasteiger partial charge in [0.25, 0.3) is 0 Å². The van der Waals surface area contributed by atoms with E-state index in [2.05, 4.69) is 51.6 Å². The van der Waals surface area contributed by atoms with Crippen molar-refractivity contribution in [3.63, 3.8) is 0 Å². The molecule has 0 aliphatic carbocycles. The second-order valence-corrected chi connectivity index (χ2v) is 6.41. The zero-order chi connectivity index (χ0) is 17.1. The van der Waals surface area contributed by atoms with Crippen LogP contribution in [0.5, 0.6) is 0 Å². The van der Waals surface area contributed by atoms with E-state index in [9.17, 15) is 4.79 Å². The molecule has 23 heavy (non-hydrogen) atoms. The summed E-state index contributed by atoms with van der Waals surface area (Å²) in [4.78, 5) is 15.8. The van der Waals surface area contributed by atoms with Crippen LogP contribution in [0.2, 0.25) is 0 Å². The summed E-state index contributed by atoms with van der Waals surface area (Å²) in [6.07, 6.45) is 0.494. The average Bonchev–Trinajstić information content (AvgIpc) is 3.00. The first-order chi connectivity index (χ1) is 11.0. The quantitative estimate of drug-likeness (QED) is 0.502. The van der Waals surface area contributed by atoms with Crippen LogP contribution in [0.3, 0.4) is 0 Å². The monoisotopic (exact) mass is 340 g/mol. The molecule has 0 aromatic carbocycles. The van der Waals surface area contributed by atoms with Gasteiger partial charge in [0.1, 0.15) is 0 Å². The summed E-state index contributed by atoms with van der Waals surface area (Å²) in [7, 11) is 1.74. The van der Waals surface area contributed by atoms with Gasteiger partial charge < -0.3 is 20.7 Å². The van der Waals surface area contributed by atoms with E-state index < -0.39 is 0 Å². The highest BCUT2D eigenvalue weighted by Crippen LogP contribution is 2.06. The average molecular weight is 340 g/mol. The number of nitrogens with zero attached hydrogens (tertiary/aromatic N) is 1. The van der Waals surface area contributed by atoms with Crippen molar-refractivity contribution in [3.05, 3.63) is 22.4 Å². The molecule has 130 valence electrons. The van der Waals surface area contributed by atoms with Crippen LogP contribution in [0, 0.1) is 5.92 Å². The number of rotatable bonds is 8. The summed E-state index contributed by atoms with van der Waals surface area (Å²) >= 11 is 1.67. The molecule has 0 bridgehead atoms. The zero-order valence-corrected chi connectivity index (χ0v) is 15.2. The molecule has 0 fully saturated rings. The highest BCUT2D eigenvalue weighted by molar-refractivity contribution is 7.07. The molecule has 1 aromatic rings. The normalized spacial score (nSPS) is 12.8. The molecule has 1 heterocycles. The van der Waals surface area contributed by atoms with Crippen LogP contribution in [0.4, 0.5) is 4.79 Å². The van der Waals surface area contributed by atoms with Crippen molar-refractivity contribution in [1.82, 2.24) is 16.0 Å². The maximum absolute atomic E-state index is 11.6. The van der Waals surface area contributed by atoms with E-state index in [1.807, 2.05) is 0 Å². The SMILES string of the molecule is CCOC(=O)NC(CNC(=NC)NCc1ccsc1)CC(C)C. The summed E-state index contributed by atoms with van der Waals surface area (Å²) in [5.74, 6) is 1.19. The fourth-order valence-corrected chi connectivity index (χ4v) is 2.79. The van der Waals surface area contributed by atoms with Crippen LogP contribution in [0.15, 0.2) is 21.8 Å². The van der Waals surface area contributed by atoms with Crippen LogP contribution < -0.4 is 16.0 Å². The molecule has 0 radical (unpaired) electrons. The number of alkyl carbamates (subject to hydrolysis) is 1. The van der Waals surface area contributed by atoms with Crippen molar-refractivity contribution in [2.75, 3.05) is 20.2 Å². The van der Waals surface area contributed by atoms with Crippen molar-refractivity contribution in [1.29, 1.82) is 0 Å². The highest BCUT2D eigenvalue weighted by atomic mass is 32.1. The van der Waals surface area contributed by atoms with Gasteiger partial charge in [-0.1, -0.05) is 13.8 Å². The molecule has 0 aliphatic rings. The van der Waals surface area contributed by atoms with Gasteiger partial charge in [-0.3, -0.25) is 4.99 Å². The lowest BCUT2D eigenvalue weighted by molar-refractivity contribution is 0.146. The Balaban J connectivity index is 2.44. The number of carbonyl (C=O) groups is 1. The fourth-order valence-electron chi connectivity index (χ4n) is 2.12. The number of hydrogen-bond acceptors (Lipinski definition) is 4. The van der Waals surface area contributed by atoms with Gasteiger partial charge in [-0.2, -0.15) is 11.3 Å². The number of thiophene rings is 1. The third-order valence-corrected chi connectivity index (χ3v) is 3.86. The predicted octanol–water partition coefficient (Wildman–Crippen LogP) is 2.57. The largest absolute Gasteiger partial charge is 0.450 e. The Hall–Kier alpha value is -1.76. The van der Waals surface area contributed by atoms with Gasteiger partial charge in [-0.05, 0) is 41.7 Å². The van der Waals surface area contributed by atoms with Crippen LogP contribution in [-0.2, 0) is 11.3 Å². The van der Waals surface area contributed by atoms with Crippen LogP contribution in [-0.4, -0.2) is 38.3 Å². The third-order valence-electron chi connectivity index (χ3n) is 3.13. The van der Waals surface area contributed by atoms with Crippen molar-refractivity contribution in [2.45, 2.75) is 39.8 Å². The van der Waals surface area contributed by atoms with E-state index in [0.717, 1.165) is 18.9 Å². The minimum absolute atomic E-state index is 0.00579. The number of aliphatic imine (C=N–C) groups is 1. The summed E-state index contributed by atoms with van der Waals surface area (Å²) in [5, 5.41) is 13.6. The van der Waals surface area contributed by atoms with Gasteiger partial charge in [0, 0.05) is 26.2 Å². The number of guanidine groups is 1. The second-order valence-electron chi connectivity index (χ2n) is 5.63. The van der Waals surface area contributed by atoms with E-state index in [4.69, 9.17) is 4.74 Å². The highest BCUT2D eigenvalue weighted by Gasteiger charge is 2.15. The topological polar surface area (TPSA) is 74.8 Å². The number of ether oxygens (including phenoxy) is 1. The van der Waals surface area contributed by atoms with Crippen molar-refractivity contribution in [3.8, 4) is 0 Å². The first-order valence-electron chi connectivity index (χ1n) is 7.94. The van der Waals surface area contributed by atoms with E-state index >= 15 is 0 Å². The number of hydrogen-bond donors (Lipinski definition) is 3. The molecule has 0 saturated carbocycles. The Labute approximate surface area is 142 Å². The molecule has 1 amide bonds. The van der Waals surface area contributed by atoms with E-state index in [0.29, 0.717) is 19.1 Å². The minimum Gasteiger partial charge on any atom is -0.450 e. The van der Waals surface area contributed by atoms with Gasteiger partial charge in [0.15, 0.2) is 5.96 Å². The Bertz CT molecular complexity index is 474. The van der Waals surface area contributed by atoms with Crippen LogP contribution in [0.1, 0.15) is 32.8 Å². The number of amides is 1. The van der Waals surface area contributed by atoms with Gasteiger partial charge >= 0.3 is 6.09 Å². The molecule has 1 unspecified atom stereocenters. The van der Waals surface area contributed by atoms with Crippen LogP contribution in [0.25, 0.3) is 0 Å². The Kier molecular flexibility index (Phi) is 9.12. The molecular weight excluding hydrogens is 312 g/mol. The van der Waals surface area contributed by atoms with E-state index in [1.54, 1.807) is 25.3 Å². The van der Waals surface area contributed by atoms with Crippen LogP contribution >= 0.6 is 11.3 Å². The molecule has 0 aliphatic heterocycles. The molecule has 1 rings (SSSR count). The van der Waals surface area contributed by atoms with Gasteiger partial charge in [-0.25, -0.2) is 4.79 Å². The van der Waals surface area contributed by atoms with Crippen molar-refractivity contribution < 1.29 is 9.53 Å². The smallest absolute Gasteiger partial charge is 0.407 e. The molecule has 3 N–H and O–H groups in total. The number of carbonyl (C=O) groups excluding carboxylic acids is 1. The zero-order valence-electron chi connectivity index (χ0n) is 14.4. The second kappa shape index (κ2) is 10.9. The number of nitrogens with one attached hydrogen (secondary N) is 3. The van der Waals surface area contributed by atoms with Gasteiger partial charge in [-0.15, -0.1) is 0 Å². The molecule has 1 aromatic heterocycles. The van der Waals surface area contributed by atoms with E-state index in [1.165, 1.54) is 5.56 Å². The lowest BCUT2D eigenvalue weighted by Crippen LogP contribution is -2.47. The fraction of sp³-hybridized carbons (Fsp3) is 0.625. The standard InChI is InChI=1S/C16H28N4O2S/c1-5-22-16(21)20-14(8-12(2)3)10-19-15(17-4)18-9-13-6-7-23-11-13/h6-7,11-12,14H,5,8-10H2,1-4H3,(H,20,21)(H2,17,18,19). The molecular formula is C16H28N4O2S. The summed E-state index contributed by atoms with van der Waals surface area (Å²) < 4.78 is 4.96. The minimum atomic E-state index is -0.374. The lowest BCUT2D eigenvalue weighted by Gasteiger charge is -2.22. The Morgan fingerprint density at radius 3 is 2.74 bits per heavy atom. The Morgan fingerprint density at radius 1 is 1.39 bits per heavy atom. The molecule has 1 atom stereocenters. The van der Waals surface area contributed by atoms with Gasteiger partial charge in [0.05, 0.1) is 6.61 Å². The van der Waals surface area contributed by atoms with Crippen molar-refractivity contribution >= 4 is 23.4 Å². The third kappa shape index (κ3) is 8.44. The summed E-state index contributed by atoms with van der Waals surface area (Å²) in [6.45, 7) is 7.75. The van der Waals surface area contributed by atoms with E-state index in [-0.39, 0.29) is 12.1 Å².